The van der Waals surface area contributed by atoms with Gasteiger partial charge < -0.3 is 9.52 Å². The van der Waals surface area contributed by atoms with Gasteiger partial charge in [-0.2, -0.15) is 0 Å². The van der Waals surface area contributed by atoms with E-state index >= 15 is 0 Å². The van der Waals surface area contributed by atoms with Crippen LogP contribution in [0.25, 0.3) is 21.9 Å². The molecular weight excluding hydrogens is 318 g/mol. The van der Waals surface area contributed by atoms with Crippen molar-refractivity contribution in [1.82, 2.24) is 0 Å². The smallest absolute Gasteiger partial charge is 0.272 e. The maximum Gasteiger partial charge on any atom is 0.272 e. The van der Waals surface area contributed by atoms with Gasteiger partial charge in [-0.05, 0) is 30.2 Å². The first-order valence-corrected chi connectivity index (χ1v) is 7.89. The molecule has 0 aliphatic heterocycles. The van der Waals surface area contributed by atoms with E-state index in [1.165, 1.54) is 6.07 Å². The van der Waals surface area contributed by atoms with Crippen LogP contribution in [0.1, 0.15) is 22.8 Å². The van der Waals surface area contributed by atoms with Crippen LogP contribution >= 0.6 is 0 Å². The number of para-hydroxylation sites is 1. The number of hydrogen-bond donors (Lipinski definition) is 1. The van der Waals surface area contributed by atoms with Crippen LogP contribution in [0.2, 0.25) is 0 Å². The average molecular weight is 333 g/mol. The minimum Gasteiger partial charge on any atom is -0.456 e. The summed E-state index contributed by atoms with van der Waals surface area (Å²) >= 11 is 0. The second-order valence-corrected chi connectivity index (χ2v) is 6.06. The number of aliphatic hydroxyl groups is 1. The SMILES string of the molecule is Cc1ccc([C@H](O)c2ccc3c(c2)oc2ccccc23)cc1[N+](=O)[O-]. The molecule has 124 valence electrons. The number of aliphatic hydroxyl groups excluding tert-OH is 1. The highest BCUT2D eigenvalue weighted by Gasteiger charge is 2.18. The summed E-state index contributed by atoms with van der Waals surface area (Å²) in [6.07, 6.45) is -0.961. The predicted octanol–water partition coefficient (Wildman–Crippen LogP) is 4.88. The highest BCUT2D eigenvalue weighted by molar-refractivity contribution is 6.04. The summed E-state index contributed by atoms with van der Waals surface area (Å²) < 4.78 is 5.84. The second-order valence-electron chi connectivity index (χ2n) is 6.06. The van der Waals surface area contributed by atoms with Crippen LogP contribution < -0.4 is 0 Å². The van der Waals surface area contributed by atoms with Crippen molar-refractivity contribution >= 4 is 27.6 Å². The number of furan rings is 1. The highest BCUT2D eigenvalue weighted by atomic mass is 16.6. The molecule has 0 saturated carbocycles. The fraction of sp³-hybridized carbons (Fsp3) is 0.100. The summed E-state index contributed by atoms with van der Waals surface area (Å²) in [6, 6.07) is 18.0. The minimum atomic E-state index is -0.961. The number of nitrogens with zero attached hydrogens (tertiary/aromatic N) is 1. The molecule has 0 aliphatic carbocycles. The van der Waals surface area contributed by atoms with E-state index < -0.39 is 11.0 Å². The van der Waals surface area contributed by atoms with Gasteiger partial charge in [0.2, 0.25) is 0 Å². The van der Waals surface area contributed by atoms with Crippen molar-refractivity contribution in [2.24, 2.45) is 0 Å². The largest absolute Gasteiger partial charge is 0.456 e. The standard InChI is InChI=1S/C20H15NO4/c1-12-6-7-13(10-17(12)21(23)24)20(22)14-8-9-16-15-4-2-3-5-18(15)25-19(16)11-14/h2-11,20,22H,1H3/t20-/m0/s1. The van der Waals surface area contributed by atoms with E-state index in [0.29, 0.717) is 22.3 Å². The lowest BCUT2D eigenvalue weighted by Gasteiger charge is -2.12. The summed E-state index contributed by atoms with van der Waals surface area (Å²) in [5.74, 6) is 0. The van der Waals surface area contributed by atoms with E-state index in [4.69, 9.17) is 4.42 Å². The van der Waals surface area contributed by atoms with E-state index in [9.17, 15) is 15.2 Å². The van der Waals surface area contributed by atoms with Gasteiger partial charge in [-0.1, -0.05) is 42.5 Å². The summed E-state index contributed by atoms with van der Waals surface area (Å²) in [4.78, 5) is 10.7. The van der Waals surface area contributed by atoms with Crippen LogP contribution in [0.3, 0.4) is 0 Å². The first-order valence-electron chi connectivity index (χ1n) is 7.89. The quantitative estimate of drug-likeness (QED) is 0.428. The van der Waals surface area contributed by atoms with E-state index in [0.717, 1.165) is 16.4 Å². The molecule has 1 aromatic heterocycles. The van der Waals surface area contributed by atoms with E-state index in [1.807, 2.05) is 36.4 Å². The van der Waals surface area contributed by atoms with Crippen molar-refractivity contribution in [3.05, 3.63) is 87.5 Å². The number of nitro benzene ring substituents is 1. The molecule has 4 aromatic rings. The van der Waals surface area contributed by atoms with Crippen LogP contribution in [-0.4, -0.2) is 10.0 Å². The van der Waals surface area contributed by atoms with E-state index in [2.05, 4.69) is 0 Å². The molecule has 5 heteroatoms. The van der Waals surface area contributed by atoms with Gasteiger partial charge >= 0.3 is 0 Å². The van der Waals surface area contributed by atoms with Crippen LogP contribution in [0, 0.1) is 17.0 Å². The molecular formula is C20H15NO4. The van der Waals surface area contributed by atoms with E-state index in [1.54, 1.807) is 25.1 Å². The van der Waals surface area contributed by atoms with Crippen molar-refractivity contribution in [1.29, 1.82) is 0 Å². The van der Waals surface area contributed by atoms with Crippen LogP contribution in [0.5, 0.6) is 0 Å². The number of fused-ring (bicyclic) bond motifs is 3. The van der Waals surface area contributed by atoms with Gasteiger partial charge in [-0.25, -0.2) is 0 Å². The molecule has 1 heterocycles. The molecule has 1 atom stereocenters. The molecule has 5 nitrogen and oxygen atoms in total. The minimum absolute atomic E-state index is 0.00126. The van der Waals surface area contributed by atoms with E-state index in [-0.39, 0.29) is 5.69 Å². The number of hydrogen-bond acceptors (Lipinski definition) is 4. The molecule has 3 aromatic carbocycles. The molecule has 0 amide bonds. The average Bonchev–Trinajstić information content (AvgIpc) is 2.99. The monoisotopic (exact) mass is 333 g/mol. The van der Waals surface area contributed by atoms with Crippen molar-refractivity contribution in [2.45, 2.75) is 13.0 Å². The lowest BCUT2D eigenvalue weighted by Crippen LogP contribution is -2.01. The second kappa shape index (κ2) is 5.72. The molecule has 0 spiro atoms. The van der Waals surface area contributed by atoms with Gasteiger partial charge in [-0.3, -0.25) is 10.1 Å². The van der Waals surface area contributed by atoms with Crippen LogP contribution in [0.15, 0.2) is 65.1 Å². The Morgan fingerprint density at radius 2 is 1.64 bits per heavy atom. The Labute approximate surface area is 143 Å². The normalized spacial score (nSPS) is 12.6. The van der Waals surface area contributed by atoms with Crippen LogP contribution in [-0.2, 0) is 0 Å². The Bertz CT molecular complexity index is 1110. The molecule has 0 bridgehead atoms. The van der Waals surface area contributed by atoms with Gasteiger partial charge in [0.1, 0.15) is 17.3 Å². The Morgan fingerprint density at radius 1 is 0.960 bits per heavy atom. The van der Waals surface area contributed by atoms with Gasteiger partial charge in [0.15, 0.2) is 0 Å². The Hall–Kier alpha value is -3.18. The van der Waals surface area contributed by atoms with Crippen molar-refractivity contribution < 1.29 is 14.4 Å². The molecule has 0 fully saturated rings. The fourth-order valence-electron chi connectivity index (χ4n) is 3.10. The van der Waals surface area contributed by atoms with Crippen molar-refractivity contribution in [3.63, 3.8) is 0 Å². The molecule has 0 unspecified atom stereocenters. The zero-order chi connectivity index (χ0) is 17.6. The number of rotatable bonds is 3. The molecule has 0 saturated heterocycles. The number of benzene rings is 3. The number of nitro groups is 1. The molecule has 0 aliphatic rings. The maximum absolute atomic E-state index is 11.1. The van der Waals surface area contributed by atoms with Crippen LogP contribution in [0.4, 0.5) is 5.69 Å². The van der Waals surface area contributed by atoms with Crippen molar-refractivity contribution in [3.8, 4) is 0 Å². The Kier molecular flexibility index (Phi) is 3.51. The lowest BCUT2D eigenvalue weighted by atomic mass is 9.98. The third-order valence-corrected chi connectivity index (χ3v) is 4.46. The Balaban J connectivity index is 1.80. The summed E-state index contributed by atoms with van der Waals surface area (Å²) in [6.45, 7) is 1.68. The third kappa shape index (κ3) is 2.55. The zero-order valence-electron chi connectivity index (χ0n) is 13.5. The molecule has 4 rings (SSSR count). The summed E-state index contributed by atoms with van der Waals surface area (Å²) in [5.41, 5.74) is 3.14. The Morgan fingerprint density at radius 3 is 2.44 bits per heavy atom. The number of aryl methyl sites for hydroxylation is 1. The maximum atomic E-state index is 11.1. The molecule has 1 N–H and O–H groups in total. The third-order valence-electron chi connectivity index (χ3n) is 4.46. The van der Waals surface area contributed by atoms with Gasteiger partial charge in [0.25, 0.3) is 5.69 Å². The first-order chi connectivity index (χ1) is 12.0. The van der Waals surface area contributed by atoms with Crippen molar-refractivity contribution in [2.75, 3.05) is 0 Å². The van der Waals surface area contributed by atoms with Gasteiger partial charge in [0.05, 0.1) is 4.92 Å². The zero-order valence-corrected chi connectivity index (χ0v) is 13.5. The van der Waals surface area contributed by atoms with Gasteiger partial charge in [0, 0.05) is 22.4 Å². The predicted molar refractivity (Wildman–Crippen MR) is 95.6 cm³/mol. The topological polar surface area (TPSA) is 76.5 Å². The lowest BCUT2D eigenvalue weighted by molar-refractivity contribution is -0.385. The summed E-state index contributed by atoms with van der Waals surface area (Å²) in [7, 11) is 0. The highest BCUT2D eigenvalue weighted by Crippen LogP contribution is 2.33. The molecule has 0 radical (unpaired) electrons. The fourth-order valence-corrected chi connectivity index (χ4v) is 3.10. The summed E-state index contributed by atoms with van der Waals surface area (Å²) in [5, 5.41) is 23.8. The van der Waals surface area contributed by atoms with Gasteiger partial charge in [-0.15, -0.1) is 0 Å². The first kappa shape index (κ1) is 15.4. The molecule has 25 heavy (non-hydrogen) atoms.